The van der Waals surface area contributed by atoms with E-state index in [1.165, 1.54) is 0 Å². The highest BCUT2D eigenvalue weighted by Gasteiger charge is 2.38. The van der Waals surface area contributed by atoms with Gasteiger partial charge in [0, 0.05) is 30.0 Å². The summed E-state index contributed by atoms with van der Waals surface area (Å²) in [6, 6.07) is 16.3. The summed E-state index contributed by atoms with van der Waals surface area (Å²) in [4.78, 5) is 27.5. The minimum Gasteiger partial charge on any atom is -0.378 e. The van der Waals surface area contributed by atoms with Gasteiger partial charge >= 0.3 is 6.03 Å². The number of anilines is 1. The zero-order valence-electron chi connectivity index (χ0n) is 15.6. The Labute approximate surface area is 164 Å². The Bertz CT molecular complexity index is 874. The van der Waals surface area contributed by atoms with Gasteiger partial charge in [-0.05, 0) is 17.7 Å². The monoisotopic (exact) mass is 377 g/mol. The molecule has 2 amide bonds. The van der Waals surface area contributed by atoms with Gasteiger partial charge in [0.05, 0.1) is 25.2 Å². The molecule has 144 valence electrons. The van der Waals surface area contributed by atoms with Gasteiger partial charge in [0.15, 0.2) is 5.78 Å². The summed E-state index contributed by atoms with van der Waals surface area (Å²) in [5, 5.41) is 5.55. The van der Waals surface area contributed by atoms with Crippen molar-refractivity contribution in [3.8, 4) is 0 Å². The molecule has 2 saturated heterocycles. The lowest BCUT2D eigenvalue weighted by molar-refractivity contribution is 0.0905. The second-order valence-corrected chi connectivity index (χ2v) is 7.00. The molecule has 0 radical (unpaired) electrons. The number of nitrogens with zero attached hydrogens (tertiary/aromatic N) is 1. The fourth-order valence-electron chi connectivity index (χ4n) is 3.77. The van der Waals surface area contributed by atoms with Gasteiger partial charge in [-0.25, -0.2) is 4.79 Å². The number of ketones is 1. The smallest absolute Gasteiger partial charge is 0.319 e. The lowest BCUT2D eigenvalue weighted by Crippen LogP contribution is -2.50. The standard InChI is InChI=1S/C22H23N3O3/c1-15-19(21(26)17-5-3-2-4-6-17)20(24-22(27)23-15)16-7-9-18(10-8-16)25-11-13-28-14-12-25/h2-10,19-20H,1,11-14H2,(H2,23,24,27)/t19-,20+/m1/s1. The van der Waals surface area contributed by atoms with Crippen molar-refractivity contribution in [1.82, 2.24) is 10.6 Å². The van der Waals surface area contributed by atoms with Crippen LogP contribution in [0.5, 0.6) is 0 Å². The van der Waals surface area contributed by atoms with E-state index in [1.807, 2.05) is 42.5 Å². The Kier molecular flexibility index (Phi) is 5.12. The predicted octanol–water partition coefficient (Wildman–Crippen LogP) is 2.89. The van der Waals surface area contributed by atoms with Crippen LogP contribution in [-0.4, -0.2) is 38.1 Å². The number of morpholine rings is 1. The fourth-order valence-corrected chi connectivity index (χ4v) is 3.77. The highest BCUT2D eigenvalue weighted by molar-refractivity contribution is 6.01. The van der Waals surface area contributed by atoms with E-state index in [1.54, 1.807) is 12.1 Å². The van der Waals surface area contributed by atoms with Crippen molar-refractivity contribution in [2.45, 2.75) is 6.04 Å². The zero-order valence-corrected chi connectivity index (χ0v) is 15.6. The fraction of sp³-hybridized carbons (Fsp3) is 0.273. The minimum absolute atomic E-state index is 0.0691. The molecular weight excluding hydrogens is 354 g/mol. The number of hydrogen-bond acceptors (Lipinski definition) is 4. The van der Waals surface area contributed by atoms with E-state index in [4.69, 9.17) is 4.74 Å². The molecule has 2 atom stereocenters. The van der Waals surface area contributed by atoms with Gasteiger partial charge in [0.25, 0.3) is 0 Å². The first kappa shape index (κ1) is 18.3. The van der Waals surface area contributed by atoms with Crippen LogP contribution in [0.25, 0.3) is 0 Å². The van der Waals surface area contributed by atoms with E-state index in [9.17, 15) is 9.59 Å². The summed E-state index contributed by atoms with van der Waals surface area (Å²) >= 11 is 0. The number of benzene rings is 2. The van der Waals surface area contributed by atoms with Crippen LogP contribution in [-0.2, 0) is 4.74 Å². The molecule has 0 unspecified atom stereocenters. The number of nitrogens with one attached hydrogen (secondary N) is 2. The molecule has 2 aliphatic rings. The van der Waals surface area contributed by atoms with E-state index < -0.39 is 12.0 Å². The first-order chi connectivity index (χ1) is 13.6. The third-order valence-electron chi connectivity index (χ3n) is 5.24. The molecule has 28 heavy (non-hydrogen) atoms. The molecule has 0 aliphatic carbocycles. The zero-order chi connectivity index (χ0) is 19.5. The Balaban J connectivity index is 1.62. The molecule has 2 aromatic rings. The van der Waals surface area contributed by atoms with Gasteiger partial charge in [0.1, 0.15) is 0 Å². The Morgan fingerprint density at radius 3 is 2.39 bits per heavy atom. The number of ether oxygens (including phenoxy) is 1. The molecule has 0 saturated carbocycles. The number of carbonyl (C=O) groups excluding carboxylic acids is 2. The Morgan fingerprint density at radius 2 is 1.71 bits per heavy atom. The molecule has 4 rings (SSSR count). The number of carbonyl (C=O) groups is 2. The van der Waals surface area contributed by atoms with Crippen molar-refractivity contribution < 1.29 is 14.3 Å². The molecule has 0 spiro atoms. The number of rotatable bonds is 4. The highest BCUT2D eigenvalue weighted by atomic mass is 16.5. The summed E-state index contributed by atoms with van der Waals surface area (Å²) in [6.07, 6.45) is 0. The van der Waals surface area contributed by atoms with Crippen molar-refractivity contribution in [2.75, 3.05) is 31.2 Å². The molecule has 2 fully saturated rings. The van der Waals surface area contributed by atoms with Crippen LogP contribution in [0.15, 0.2) is 66.9 Å². The SMILES string of the molecule is C=C1NC(=O)N[C@@H](c2ccc(N3CCOCC3)cc2)[C@@H]1C(=O)c1ccccc1. The van der Waals surface area contributed by atoms with E-state index in [0.717, 1.165) is 37.6 Å². The first-order valence-electron chi connectivity index (χ1n) is 9.42. The molecule has 2 N–H and O–H groups in total. The van der Waals surface area contributed by atoms with Crippen molar-refractivity contribution in [2.24, 2.45) is 5.92 Å². The van der Waals surface area contributed by atoms with Gasteiger partial charge in [-0.2, -0.15) is 0 Å². The van der Waals surface area contributed by atoms with Gasteiger partial charge in [-0.3, -0.25) is 4.79 Å². The Hall–Kier alpha value is -3.12. The van der Waals surface area contributed by atoms with Crippen molar-refractivity contribution >= 4 is 17.5 Å². The van der Waals surface area contributed by atoms with Crippen LogP contribution in [0.2, 0.25) is 0 Å². The van der Waals surface area contributed by atoms with Crippen LogP contribution in [0, 0.1) is 5.92 Å². The quantitative estimate of drug-likeness (QED) is 0.804. The number of Topliss-reactive ketones (excluding diaryl/α,β-unsaturated/α-hetero) is 1. The van der Waals surface area contributed by atoms with E-state index in [2.05, 4.69) is 22.1 Å². The molecule has 2 aliphatic heterocycles. The summed E-state index contributed by atoms with van der Waals surface area (Å²) in [7, 11) is 0. The van der Waals surface area contributed by atoms with Gasteiger partial charge < -0.3 is 20.3 Å². The first-order valence-corrected chi connectivity index (χ1v) is 9.42. The lowest BCUT2D eigenvalue weighted by atomic mass is 9.83. The maximum Gasteiger partial charge on any atom is 0.319 e. The largest absolute Gasteiger partial charge is 0.378 e. The molecule has 2 heterocycles. The summed E-state index contributed by atoms with van der Waals surface area (Å²) in [6.45, 7) is 7.10. The highest BCUT2D eigenvalue weighted by Crippen LogP contribution is 2.33. The van der Waals surface area contributed by atoms with Gasteiger partial charge in [0.2, 0.25) is 0 Å². The molecule has 6 nitrogen and oxygen atoms in total. The number of amides is 2. The van der Waals surface area contributed by atoms with Crippen molar-refractivity contribution in [3.05, 3.63) is 78.0 Å². The molecule has 6 heteroatoms. The average Bonchev–Trinajstić information content (AvgIpc) is 2.74. The molecule has 0 bridgehead atoms. The molecule has 2 aromatic carbocycles. The van der Waals surface area contributed by atoms with Crippen LogP contribution < -0.4 is 15.5 Å². The number of urea groups is 1. The van der Waals surface area contributed by atoms with Crippen LogP contribution in [0.1, 0.15) is 22.0 Å². The molecule has 0 aromatic heterocycles. The summed E-state index contributed by atoms with van der Waals surface area (Å²) in [5.74, 6) is -0.644. The summed E-state index contributed by atoms with van der Waals surface area (Å²) in [5.41, 5.74) is 3.00. The molecular formula is C22H23N3O3. The predicted molar refractivity (Wildman–Crippen MR) is 107 cm³/mol. The average molecular weight is 377 g/mol. The second-order valence-electron chi connectivity index (χ2n) is 7.00. The number of hydrogen-bond donors (Lipinski definition) is 2. The Morgan fingerprint density at radius 1 is 1.04 bits per heavy atom. The van der Waals surface area contributed by atoms with E-state index in [0.29, 0.717) is 11.3 Å². The maximum atomic E-state index is 13.1. The second kappa shape index (κ2) is 7.86. The van der Waals surface area contributed by atoms with Crippen LogP contribution >= 0.6 is 0 Å². The minimum atomic E-state index is -0.575. The maximum absolute atomic E-state index is 13.1. The summed E-state index contributed by atoms with van der Waals surface area (Å²) < 4.78 is 5.40. The van der Waals surface area contributed by atoms with Crippen LogP contribution in [0.4, 0.5) is 10.5 Å². The third-order valence-corrected chi connectivity index (χ3v) is 5.24. The van der Waals surface area contributed by atoms with Crippen molar-refractivity contribution in [1.29, 1.82) is 0 Å². The topological polar surface area (TPSA) is 70.7 Å². The van der Waals surface area contributed by atoms with Crippen LogP contribution in [0.3, 0.4) is 0 Å². The normalized spacial score (nSPS) is 22.4. The van der Waals surface area contributed by atoms with Gasteiger partial charge in [-0.1, -0.05) is 49.0 Å². The third kappa shape index (κ3) is 3.64. The van der Waals surface area contributed by atoms with E-state index >= 15 is 0 Å². The van der Waals surface area contributed by atoms with E-state index in [-0.39, 0.29) is 11.8 Å². The lowest BCUT2D eigenvalue weighted by Gasteiger charge is -2.34. The van der Waals surface area contributed by atoms with Gasteiger partial charge in [-0.15, -0.1) is 0 Å². The van der Waals surface area contributed by atoms with Crippen molar-refractivity contribution in [3.63, 3.8) is 0 Å².